The van der Waals surface area contributed by atoms with Crippen LogP contribution in [-0.2, 0) is 4.79 Å². The van der Waals surface area contributed by atoms with E-state index in [1.807, 2.05) is 6.92 Å². The molecule has 2 aliphatic rings. The molecule has 1 aliphatic heterocycles. The monoisotopic (exact) mass is 493 g/mol. The van der Waals surface area contributed by atoms with Crippen molar-refractivity contribution in [3.05, 3.63) is 59.0 Å². The number of aliphatic hydroxyl groups excluding tert-OH is 1. The Hall–Kier alpha value is -3.44. The van der Waals surface area contributed by atoms with E-state index in [0.29, 0.717) is 24.2 Å². The first kappa shape index (κ1) is 25.6. The fourth-order valence-corrected chi connectivity index (χ4v) is 4.43. The summed E-state index contributed by atoms with van der Waals surface area (Å²) < 4.78 is 19.7. The van der Waals surface area contributed by atoms with Gasteiger partial charge in [0.25, 0.3) is 5.91 Å². The average molecular weight is 494 g/mol. The second-order valence-electron chi connectivity index (χ2n) is 9.81. The lowest BCUT2D eigenvalue weighted by atomic mass is 9.84. The molecule has 0 radical (unpaired) electrons. The number of benzene rings is 1. The number of fused-ring (bicyclic) bond motifs is 1. The van der Waals surface area contributed by atoms with Crippen LogP contribution in [0.2, 0.25) is 0 Å². The van der Waals surface area contributed by atoms with E-state index < -0.39 is 12.1 Å². The predicted molar refractivity (Wildman–Crippen MR) is 133 cm³/mol. The fraction of sp³-hybridized carbons (Fsp3) is 0.464. The molecule has 0 spiro atoms. The van der Waals surface area contributed by atoms with Gasteiger partial charge < -0.3 is 19.6 Å². The summed E-state index contributed by atoms with van der Waals surface area (Å²) in [5.74, 6) is 5.41. The van der Waals surface area contributed by atoms with Crippen molar-refractivity contribution in [2.24, 2.45) is 11.8 Å². The van der Waals surface area contributed by atoms with E-state index in [1.54, 1.807) is 42.0 Å². The molecule has 4 rings (SSSR count). The van der Waals surface area contributed by atoms with Crippen LogP contribution in [0.25, 0.3) is 0 Å². The molecule has 0 bridgehead atoms. The molecule has 1 aliphatic carbocycles. The first-order chi connectivity index (χ1) is 17.3. The van der Waals surface area contributed by atoms with Crippen LogP contribution in [-0.4, -0.2) is 70.6 Å². The molecule has 1 aromatic heterocycles. The van der Waals surface area contributed by atoms with Gasteiger partial charge in [0, 0.05) is 42.8 Å². The van der Waals surface area contributed by atoms with Crippen molar-refractivity contribution in [2.75, 3.05) is 26.7 Å². The summed E-state index contributed by atoms with van der Waals surface area (Å²) in [4.78, 5) is 34.0. The average Bonchev–Trinajstić information content (AvgIpc) is 2.83. The van der Waals surface area contributed by atoms with E-state index >= 15 is 0 Å². The van der Waals surface area contributed by atoms with Crippen molar-refractivity contribution in [1.29, 1.82) is 0 Å². The summed E-state index contributed by atoms with van der Waals surface area (Å²) >= 11 is 0. The summed E-state index contributed by atoms with van der Waals surface area (Å²) in [5, 5.41) is 9.82. The Balaban J connectivity index is 1.64. The molecule has 8 heteroatoms. The van der Waals surface area contributed by atoms with Gasteiger partial charge >= 0.3 is 0 Å². The zero-order chi connectivity index (χ0) is 25.8. The van der Waals surface area contributed by atoms with Crippen LogP contribution in [0.1, 0.15) is 54.6 Å². The zero-order valence-corrected chi connectivity index (χ0v) is 20.9. The van der Waals surface area contributed by atoms with E-state index in [-0.39, 0.29) is 47.5 Å². The van der Waals surface area contributed by atoms with Gasteiger partial charge in [0.05, 0.1) is 19.2 Å². The lowest BCUT2D eigenvalue weighted by molar-refractivity contribution is -0.138. The molecule has 0 unspecified atom stereocenters. The lowest BCUT2D eigenvalue weighted by Gasteiger charge is -2.38. The van der Waals surface area contributed by atoms with Gasteiger partial charge in [-0.1, -0.05) is 31.3 Å². The van der Waals surface area contributed by atoms with Crippen molar-refractivity contribution in [1.82, 2.24) is 14.8 Å². The highest BCUT2D eigenvalue weighted by Crippen LogP contribution is 2.30. The Bertz CT molecular complexity index is 1190. The summed E-state index contributed by atoms with van der Waals surface area (Å²) in [6.07, 6.45) is 4.05. The van der Waals surface area contributed by atoms with Gasteiger partial charge in [-0.3, -0.25) is 9.59 Å². The number of nitrogens with zero attached hydrogens (tertiary/aromatic N) is 3. The topological polar surface area (TPSA) is 83.0 Å². The van der Waals surface area contributed by atoms with Crippen LogP contribution in [0.3, 0.4) is 0 Å². The van der Waals surface area contributed by atoms with E-state index in [9.17, 15) is 19.1 Å². The molecule has 2 aromatic rings. The lowest BCUT2D eigenvalue weighted by Crippen LogP contribution is -2.51. The minimum Gasteiger partial charge on any atom is -0.472 e. The maximum atomic E-state index is 13.5. The highest BCUT2D eigenvalue weighted by atomic mass is 19.1. The van der Waals surface area contributed by atoms with Crippen molar-refractivity contribution < 1.29 is 23.8 Å². The first-order valence-electron chi connectivity index (χ1n) is 12.4. The van der Waals surface area contributed by atoms with Gasteiger partial charge in [-0.25, -0.2) is 9.37 Å². The maximum absolute atomic E-state index is 13.5. The number of hydrogen-bond donors (Lipinski definition) is 1. The third-order valence-electron chi connectivity index (χ3n) is 6.98. The summed E-state index contributed by atoms with van der Waals surface area (Å²) in [7, 11) is 1.79. The van der Waals surface area contributed by atoms with E-state index in [0.717, 1.165) is 19.3 Å². The predicted octanol–water partition coefficient (Wildman–Crippen LogP) is 3.10. The summed E-state index contributed by atoms with van der Waals surface area (Å²) in [5.41, 5.74) is 1.23. The van der Waals surface area contributed by atoms with Crippen LogP contribution in [0.5, 0.6) is 5.88 Å². The molecule has 1 aromatic carbocycles. The molecule has 0 saturated heterocycles. The molecule has 1 N–H and O–H groups in total. The summed E-state index contributed by atoms with van der Waals surface area (Å²) in [6, 6.07) is 7.16. The summed E-state index contributed by atoms with van der Waals surface area (Å²) in [6.45, 7) is 4.30. The van der Waals surface area contributed by atoms with Gasteiger partial charge in [-0.2, -0.15) is 0 Å². The van der Waals surface area contributed by atoms with Gasteiger partial charge in [-0.05, 0) is 44.0 Å². The normalized spacial score (nSPS) is 20.6. The Morgan fingerprint density at radius 3 is 2.72 bits per heavy atom. The first-order valence-corrected chi connectivity index (χ1v) is 12.4. The second kappa shape index (κ2) is 11.1. The van der Waals surface area contributed by atoms with Crippen molar-refractivity contribution in [2.45, 2.75) is 45.3 Å². The number of hydrogen-bond acceptors (Lipinski definition) is 5. The smallest absolute Gasteiger partial charge is 0.259 e. The molecule has 2 amide bonds. The molecule has 190 valence electrons. The second-order valence-corrected chi connectivity index (χ2v) is 9.81. The SMILES string of the molecule is C[C@H]1CN([C@@H](C)CO)C(=O)c2cc(C#Cc3cccc(F)c3)cnc2O[C@H]1CN(C)C(=O)C1CCC1. The Kier molecular flexibility index (Phi) is 7.90. The molecule has 36 heavy (non-hydrogen) atoms. The Labute approximate surface area is 211 Å². The van der Waals surface area contributed by atoms with Crippen LogP contribution >= 0.6 is 0 Å². The van der Waals surface area contributed by atoms with Crippen LogP contribution in [0.4, 0.5) is 4.39 Å². The number of rotatable bonds is 5. The van der Waals surface area contributed by atoms with E-state index in [4.69, 9.17) is 4.74 Å². The molecule has 2 heterocycles. The standard InChI is InChI=1S/C28H32FN3O4/c1-18-15-32(19(2)17-33)28(35)24-13-21(11-10-20-6-4-9-23(29)12-20)14-30-26(24)36-25(18)16-31(3)27(34)22-7-5-8-22/h4,6,9,12-14,18-19,22,25,33H,5,7-8,15-17H2,1-3H3/t18-,19-,25-/m0/s1. The zero-order valence-electron chi connectivity index (χ0n) is 20.9. The third-order valence-corrected chi connectivity index (χ3v) is 6.98. The highest BCUT2D eigenvalue weighted by Gasteiger charge is 2.36. The van der Waals surface area contributed by atoms with Crippen molar-refractivity contribution >= 4 is 11.8 Å². The third kappa shape index (κ3) is 5.68. The van der Waals surface area contributed by atoms with Gasteiger partial charge in [0.15, 0.2) is 0 Å². The molecule has 3 atom stereocenters. The molecule has 1 fully saturated rings. The van der Waals surface area contributed by atoms with Crippen molar-refractivity contribution in [3.8, 4) is 17.7 Å². The van der Waals surface area contributed by atoms with Crippen LogP contribution in [0.15, 0.2) is 36.5 Å². The van der Waals surface area contributed by atoms with E-state index in [2.05, 4.69) is 16.8 Å². The fourth-order valence-electron chi connectivity index (χ4n) is 4.43. The van der Waals surface area contributed by atoms with E-state index in [1.165, 1.54) is 18.3 Å². The largest absolute Gasteiger partial charge is 0.472 e. The number of carbonyl (C=O) groups is 2. The van der Waals surface area contributed by atoms with Crippen LogP contribution in [0, 0.1) is 29.5 Å². The van der Waals surface area contributed by atoms with Gasteiger partial charge in [-0.15, -0.1) is 0 Å². The van der Waals surface area contributed by atoms with Gasteiger partial charge in [0.1, 0.15) is 17.5 Å². The number of amides is 2. The molecule has 7 nitrogen and oxygen atoms in total. The number of aliphatic hydroxyl groups is 1. The number of pyridine rings is 1. The number of carbonyl (C=O) groups excluding carboxylic acids is 2. The van der Waals surface area contributed by atoms with Crippen molar-refractivity contribution in [3.63, 3.8) is 0 Å². The number of aromatic nitrogens is 1. The Morgan fingerprint density at radius 1 is 1.31 bits per heavy atom. The highest BCUT2D eigenvalue weighted by molar-refractivity contribution is 5.97. The molecular weight excluding hydrogens is 461 g/mol. The molecule has 1 saturated carbocycles. The number of ether oxygens (including phenoxy) is 1. The minimum atomic E-state index is -0.414. The minimum absolute atomic E-state index is 0.0796. The Morgan fingerprint density at radius 2 is 2.06 bits per heavy atom. The number of halogens is 1. The maximum Gasteiger partial charge on any atom is 0.259 e. The number of likely N-dealkylation sites (N-methyl/N-ethyl adjacent to an activating group) is 1. The van der Waals surface area contributed by atoms with Crippen LogP contribution < -0.4 is 4.74 Å². The quantitative estimate of drug-likeness (QED) is 0.648. The molecular formula is C28H32FN3O4. The van der Waals surface area contributed by atoms with Gasteiger partial charge in [0.2, 0.25) is 11.8 Å².